The zero-order chi connectivity index (χ0) is 14.1. The molecule has 1 fully saturated rings. The minimum atomic E-state index is 0.0140. The molecule has 1 aromatic heterocycles. The monoisotopic (exact) mass is 264 g/mol. The van der Waals surface area contributed by atoms with Crippen LogP contribution in [0.25, 0.3) is 0 Å². The molecule has 2 rings (SSSR count). The van der Waals surface area contributed by atoms with Crippen LogP contribution in [-0.4, -0.2) is 21.0 Å². The van der Waals surface area contributed by atoms with Crippen molar-refractivity contribution < 1.29 is 0 Å². The summed E-state index contributed by atoms with van der Waals surface area (Å²) in [6.07, 6.45) is 7.25. The van der Waals surface area contributed by atoms with Crippen LogP contribution >= 0.6 is 0 Å². The lowest BCUT2D eigenvalue weighted by Crippen LogP contribution is -2.35. The molecule has 0 aliphatic heterocycles. The summed E-state index contributed by atoms with van der Waals surface area (Å²) in [6, 6.07) is 0.646. The van der Waals surface area contributed by atoms with E-state index in [-0.39, 0.29) is 5.54 Å². The predicted molar refractivity (Wildman–Crippen MR) is 77.9 cm³/mol. The van der Waals surface area contributed by atoms with Gasteiger partial charge in [-0.3, -0.25) is 0 Å². The summed E-state index contributed by atoms with van der Waals surface area (Å²) < 4.78 is 1.94. The maximum absolute atomic E-state index is 4.25. The molecule has 1 aromatic rings. The Bertz CT molecular complexity index is 404. The van der Waals surface area contributed by atoms with Crippen LogP contribution in [0.2, 0.25) is 0 Å². The molecule has 0 bridgehead atoms. The highest BCUT2D eigenvalue weighted by Gasteiger charge is 2.26. The van der Waals surface area contributed by atoms with Crippen LogP contribution in [0.3, 0.4) is 0 Å². The highest BCUT2D eigenvalue weighted by molar-refractivity contribution is 4.95. The molecule has 0 spiro atoms. The summed E-state index contributed by atoms with van der Waals surface area (Å²) in [5, 5.41) is 12.1. The maximum atomic E-state index is 4.25. The number of hydrogen-bond acceptors (Lipinski definition) is 3. The van der Waals surface area contributed by atoms with Crippen molar-refractivity contribution in [2.45, 2.75) is 78.4 Å². The van der Waals surface area contributed by atoms with Gasteiger partial charge in [-0.25, -0.2) is 4.68 Å². The summed E-state index contributed by atoms with van der Waals surface area (Å²) in [5.74, 6) is 0. The SMILES string of the molecule is CC1(C)CCC(NCc2cn(C(C)(C)C)nn2)CC1. The normalized spacial score (nSPS) is 20.7. The minimum absolute atomic E-state index is 0.0140. The van der Waals surface area contributed by atoms with Gasteiger partial charge in [0.15, 0.2) is 0 Å². The molecule has 1 aliphatic carbocycles. The molecule has 1 aliphatic rings. The van der Waals surface area contributed by atoms with Crippen molar-refractivity contribution in [3.63, 3.8) is 0 Å². The van der Waals surface area contributed by atoms with Gasteiger partial charge in [0.1, 0.15) is 0 Å². The highest BCUT2D eigenvalue weighted by atomic mass is 15.4. The Balaban J connectivity index is 1.82. The van der Waals surface area contributed by atoms with E-state index in [4.69, 9.17) is 0 Å². The van der Waals surface area contributed by atoms with Crippen molar-refractivity contribution in [3.8, 4) is 0 Å². The second-order valence-electron chi connectivity index (χ2n) is 7.64. The second-order valence-corrected chi connectivity index (χ2v) is 7.64. The first-order chi connectivity index (χ1) is 8.76. The summed E-state index contributed by atoms with van der Waals surface area (Å²) in [4.78, 5) is 0. The van der Waals surface area contributed by atoms with Crippen LogP contribution < -0.4 is 5.32 Å². The van der Waals surface area contributed by atoms with Gasteiger partial charge in [0.25, 0.3) is 0 Å². The minimum Gasteiger partial charge on any atom is -0.308 e. The van der Waals surface area contributed by atoms with E-state index in [1.54, 1.807) is 0 Å². The first-order valence-electron chi connectivity index (χ1n) is 7.41. The molecule has 0 saturated heterocycles. The average molecular weight is 264 g/mol. The van der Waals surface area contributed by atoms with Gasteiger partial charge in [-0.1, -0.05) is 19.1 Å². The summed E-state index contributed by atoms with van der Waals surface area (Å²) in [6.45, 7) is 12.0. The molecule has 0 aromatic carbocycles. The molecule has 108 valence electrons. The Morgan fingerprint density at radius 1 is 1.32 bits per heavy atom. The number of aromatic nitrogens is 3. The molecular formula is C15H28N4. The number of nitrogens with one attached hydrogen (secondary N) is 1. The van der Waals surface area contributed by atoms with Crippen LogP contribution in [0, 0.1) is 5.41 Å². The topological polar surface area (TPSA) is 42.7 Å². The number of hydrogen-bond donors (Lipinski definition) is 1. The molecule has 1 N–H and O–H groups in total. The van der Waals surface area contributed by atoms with Crippen molar-refractivity contribution in [2.24, 2.45) is 5.41 Å². The zero-order valence-electron chi connectivity index (χ0n) is 13.0. The summed E-state index contributed by atoms with van der Waals surface area (Å²) in [5.41, 5.74) is 1.59. The molecule has 0 radical (unpaired) electrons. The molecule has 1 saturated carbocycles. The van der Waals surface area contributed by atoms with Gasteiger partial charge in [0, 0.05) is 12.6 Å². The van der Waals surface area contributed by atoms with Crippen LogP contribution in [0.1, 0.15) is 66.0 Å². The fourth-order valence-corrected chi connectivity index (χ4v) is 2.56. The Kier molecular flexibility index (Phi) is 4.00. The Labute approximate surface area is 117 Å². The Morgan fingerprint density at radius 2 is 1.95 bits per heavy atom. The van der Waals surface area contributed by atoms with Crippen LogP contribution in [0.5, 0.6) is 0 Å². The van der Waals surface area contributed by atoms with E-state index in [2.05, 4.69) is 56.4 Å². The molecule has 0 amide bonds. The van der Waals surface area contributed by atoms with Crippen molar-refractivity contribution in [2.75, 3.05) is 0 Å². The Hall–Kier alpha value is -0.900. The lowest BCUT2D eigenvalue weighted by molar-refractivity contribution is 0.205. The molecule has 0 atom stereocenters. The molecule has 1 heterocycles. The predicted octanol–water partition coefficient (Wildman–Crippen LogP) is 3.09. The van der Waals surface area contributed by atoms with Gasteiger partial charge < -0.3 is 5.32 Å². The van der Waals surface area contributed by atoms with Crippen molar-refractivity contribution in [3.05, 3.63) is 11.9 Å². The van der Waals surface area contributed by atoms with Crippen molar-refractivity contribution in [1.82, 2.24) is 20.3 Å². The van der Waals surface area contributed by atoms with E-state index >= 15 is 0 Å². The van der Waals surface area contributed by atoms with Gasteiger partial charge in [-0.05, 0) is 51.9 Å². The van der Waals surface area contributed by atoms with Gasteiger partial charge in [0.05, 0.1) is 17.4 Å². The van der Waals surface area contributed by atoms with E-state index in [0.717, 1.165) is 12.2 Å². The third-order valence-corrected chi connectivity index (χ3v) is 4.14. The third kappa shape index (κ3) is 4.03. The lowest BCUT2D eigenvalue weighted by Gasteiger charge is -2.34. The van der Waals surface area contributed by atoms with Crippen LogP contribution in [0.4, 0.5) is 0 Å². The van der Waals surface area contributed by atoms with Gasteiger partial charge in [-0.2, -0.15) is 0 Å². The average Bonchev–Trinajstić information content (AvgIpc) is 2.76. The van der Waals surface area contributed by atoms with E-state index in [0.29, 0.717) is 11.5 Å². The van der Waals surface area contributed by atoms with E-state index in [9.17, 15) is 0 Å². The number of nitrogens with zero attached hydrogens (tertiary/aromatic N) is 3. The van der Waals surface area contributed by atoms with Crippen molar-refractivity contribution >= 4 is 0 Å². The largest absolute Gasteiger partial charge is 0.308 e. The van der Waals surface area contributed by atoms with Crippen LogP contribution in [-0.2, 0) is 12.1 Å². The first kappa shape index (κ1) is 14.5. The molecule has 19 heavy (non-hydrogen) atoms. The van der Waals surface area contributed by atoms with Gasteiger partial charge in [0.2, 0.25) is 0 Å². The summed E-state index contributed by atoms with van der Waals surface area (Å²) in [7, 11) is 0. The summed E-state index contributed by atoms with van der Waals surface area (Å²) >= 11 is 0. The maximum Gasteiger partial charge on any atom is 0.0965 e. The van der Waals surface area contributed by atoms with E-state index < -0.39 is 0 Å². The van der Waals surface area contributed by atoms with Gasteiger partial charge >= 0.3 is 0 Å². The lowest BCUT2D eigenvalue weighted by atomic mass is 9.75. The third-order valence-electron chi connectivity index (χ3n) is 4.14. The molecular weight excluding hydrogens is 236 g/mol. The van der Waals surface area contributed by atoms with Crippen molar-refractivity contribution in [1.29, 1.82) is 0 Å². The van der Waals surface area contributed by atoms with Crippen LogP contribution in [0.15, 0.2) is 6.20 Å². The quantitative estimate of drug-likeness (QED) is 0.912. The number of rotatable bonds is 3. The second kappa shape index (κ2) is 5.23. The molecule has 0 unspecified atom stereocenters. The fraction of sp³-hybridized carbons (Fsp3) is 0.867. The zero-order valence-corrected chi connectivity index (χ0v) is 13.0. The highest BCUT2D eigenvalue weighted by Crippen LogP contribution is 2.35. The smallest absolute Gasteiger partial charge is 0.0965 e. The molecule has 4 heteroatoms. The van der Waals surface area contributed by atoms with E-state index in [1.165, 1.54) is 25.7 Å². The first-order valence-corrected chi connectivity index (χ1v) is 7.41. The fourth-order valence-electron chi connectivity index (χ4n) is 2.56. The standard InChI is InChI=1S/C15H28N4/c1-14(2,3)19-11-13(17-18-19)10-16-12-6-8-15(4,5)9-7-12/h11-12,16H,6-10H2,1-5H3. The Morgan fingerprint density at radius 3 is 2.47 bits per heavy atom. The van der Waals surface area contributed by atoms with Gasteiger partial charge in [-0.15, -0.1) is 5.10 Å². The van der Waals surface area contributed by atoms with E-state index in [1.807, 2.05) is 4.68 Å². The molecule has 4 nitrogen and oxygen atoms in total.